The van der Waals surface area contributed by atoms with E-state index in [4.69, 9.17) is 0 Å². The van der Waals surface area contributed by atoms with Crippen LogP contribution in [0.2, 0.25) is 0 Å². The maximum absolute atomic E-state index is 14.0. The summed E-state index contributed by atoms with van der Waals surface area (Å²) < 4.78 is 27.1. The van der Waals surface area contributed by atoms with Crippen molar-refractivity contribution in [3.63, 3.8) is 0 Å². The van der Waals surface area contributed by atoms with Gasteiger partial charge in [0.15, 0.2) is 5.17 Å². The van der Waals surface area contributed by atoms with Crippen molar-refractivity contribution in [2.45, 2.75) is 6.92 Å². The number of hydrogen-bond donors (Lipinski definition) is 2. The summed E-state index contributed by atoms with van der Waals surface area (Å²) in [5.41, 5.74) is 2.55. The second-order valence-corrected chi connectivity index (χ2v) is 6.56. The molecule has 2 amide bonds. The van der Waals surface area contributed by atoms with Gasteiger partial charge in [-0.3, -0.25) is 14.5 Å². The molecule has 0 aliphatic carbocycles. The van der Waals surface area contributed by atoms with Crippen LogP contribution in [0.15, 0.2) is 41.5 Å². The van der Waals surface area contributed by atoms with Crippen LogP contribution in [0.3, 0.4) is 0 Å². The van der Waals surface area contributed by atoms with Gasteiger partial charge in [-0.15, -0.1) is 5.10 Å². The lowest BCUT2D eigenvalue weighted by molar-refractivity contribution is -0.123. The molecule has 0 aromatic heterocycles. The fraction of sp³-hybridized carbons (Fsp3) is 0.167. The Balaban J connectivity index is 1.86. The van der Waals surface area contributed by atoms with Crippen molar-refractivity contribution in [1.29, 1.82) is 0 Å². The van der Waals surface area contributed by atoms with Gasteiger partial charge in [-0.2, -0.15) is 0 Å². The molecule has 2 aromatic rings. The topological polar surface area (TPSA) is 82.0 Å². The lowest BCUT2D eigenvalue weighted by atomic mass is 10.0. The standard InChI is InChI=1S/C18H15F2N3O3S/c1-2-23-16(25)9-27-18(23)22-21-17(26)13-7-10(3-6-15(13)24)12-5-4-11(19)8-14(12)20/h3-8,24H,2,9H2,1H3,(H,21,26)/b22-18-. The number of benzene rings is 2. The monoisotopic (exact) mass is 391 g/mol. The zero-order valence-electron chi connectivity index (χ0n) is 14.2. The van der Waals surface area contributed by atoms with E-state index in [0.29, 0.717) is 17.3 Å². The quantitative estimate of drug-likeness (QED) is 0.786. The molecule has 1 aliphatic rings. The van der Waals surface area contributed by atoms with Crippen LogP contribution in [0, 0.1) is 11.6 Å². The number of carbonyl (C=O) groups is 2. The molecule has 0 bridgehead atoms. The largest absolute Gasteiger partial charge is 0.507 e. The minimum Gasteiger partial charge on any atom is -0.507 e. The third kappa shape index (κ3) is 3.92. The highest BCUT2D eigenvalue weighted by molar-refractivity contribution is 8.15. The first-order valence-corrected chi connectivity index (χ1v) is 8.99. The molecule has 1 fully saturated rings. The fourth-order valence-electron chi connectivity index (χ4n) is 2.56. The van der Waals surface area contributed by atoms with Gasteiger partial charge in [0.2, 0.25) is 5.91 Å². The number of phenolic OH excluding ortho intramolecular Hbond substituents is 1. The van der Waals surface area contributed by atoms with Crippen LogP contribution in [0.4, 0.5) is 8.78 Å². The predicted molar refractivity (Wildman–Crippen MR) is 98.2 cm³/mol. The molecule has 6 nitrogen and oxygen atoms in total. The van der Waals surface area contributed by atoms with Gasteiger partial charge < -0.3 is 5.11 Å². The third-order valence-electron chi connectivity index (χ3n) is 3.91. The van der Waals surface area contributed by atoms with Crippen LogP contribution in [0.25, 0.3) is 11.1 Å². The molecule has 1 saturated heterocycles. The van der Waals surface area contributed by atoms with Gasteiger partial charge in [-0.1, -0.05) is 17.8 Å². The SMILES string of the molecule is CCN1C(=O)CS/C1=N\NC(=O)c1cc(-c2ccc(F)cc2F)ccc1O. The third-order valence-corrected chi connectivity index (χ3v) is 4.87. The number of carbonyl (C=O) groups excluding carboxylic acids is 2. The summed E-state index contributed by atoms with van der Waals surface area (Å²) >= 11 is 1.19. The van der Waals surface area contributed by atoms with Crippen molar-refractivity contribution in [1.82, 2.24) is 10.3 Å². The Labute approximate surface area is 157 Å². The maximum atomic E-state index is 14.0. The number of nitrogens with zero attached hydrogens (tertiary/aromatic N) is 2. The number of aromatic hydroxyl groups is 1. The van der Waals surface area contributed by atoms with E-state index in [1.807, 2.05) is 0 Å². The lowest BCUT2D eigenvalue weighted by Gasteiger charge is -2.12. The number of nitrogens with one attached hydrogen (secondary N) is 1. The Bertz CT molecular complexity index is 949. The summed E-state index contributed by atoms with van der Waals surface area (Å²) in [6.07, 6.45) is 0. The Hall–Kier alpha value is -2.94. The molecule has 3 rings (SSSR count). The summed E-state index contributed by atoms with van der Waals surface area (Å²) in [5.74, 6) is -2.40. The number of rotatable bonds is 4. The molecular formula is C18H15F2N3O3S. The zero-order chi connectivity index (χ0) is 19.6. The van der Waals surface area contributed by atoms with Crippen LogP contribution in [0.5, 0.6) is 5.75 Å². The van der Waals surface area contributed by atoms with Crippen LogP contribution in [0.1, 0.15) is 17.3 Å². The number of amidine groups is 1. The lowest BCUT2D eigenvalue weighted by Crippen LogP contribution is -2.31. The van der Waals surface area contributed by atoms with Gasteiger partial charge in [-0.25, -0.2) is 14.2 Å². The van der Waals surface area contributed by atoms with E-state index >= 15 is 0 Å². The van der Waals surface area contributed by atoms with Gasteiger partial charge in [0.25, 0.3) is 5.91 Å². The summed E-state index contributed by atoms with van der Waals surface area (Å²) in [4.78, 5) is 25.5. The number of hydrazone groups is 1. The number of amides is 2. The van der Waals surface area contributed by atoms with Crippen molar-refractivity contribution in [2.24, 2.45) is 5.10 Å². The van der Waals surface area contributed by atoms with Crippen molar-refractivity contribution in [2.75, 3.05) is 12.3 Å². The van der Waals surface area contributed by atoms with E-state index in [0.717, 1.165) is 12.1 Å². The molecule has 0 spiro atoms. The summed E-state index contributed by atoms with van der Waals surface area (Å²) in [5, 5.41) is 14.2. The minimum absolute atomic E-state index is 0.0888. The first-order valence-electron chi connectivity index (χ1n) is 8.00. The van der Waals surface area contributed by atoms with Crippen molar-refractivity contribution >= 4 is 28.7 Å². The zero-order valence-corrected chi connectivity index (χ0v) is 15.0. The molecule has 0 saturated carbocycles. The number of hydrogen-bond acceptors (Lipinski definition) is 5. The first-order chi connectivity index (χ1) is 12.9. The Morgan fingerprint density at radius 3 is 2.78 bits per heavy atom. The normalized spacial score (nSPS) is 15.4. The Morgan fingerprint density at radius 2 is 2.07 bits per heavy atom. The molecule has 2 aromatic carbocycles. The van der Waals surface area contributed by atoms with E-state index in [1.165, 1.54) is 40.9 Å². The average molecular weight is 391 g/mol. The maximum Gasteiger partial charge on any atom is 0.275 e. The Morgan fingerprint density at radius 1 is 1.30 bits per heavy atom. The first kappa shape index (κ1) is 18.8. The highest BCUT2D eigenvalue weighted by Crippen LogP contribution is 2.28. The molecule has 2 N–H and O–H groups in total. The molecule has 140 valence electrons. The number of phenols is 1. The van der Waals surface area contributed by atoms with Crippen LogP contribution in [-0.4, -0.2) is 39.3 Å². The average Bonchev–Trinajstić information content (AvgIpc) is 3.00. The van der Waals surface area contributed by atoms with Gasteiger partial charge in [0, 0.05) is 18.2 Å². The summed E-state index contributed by atoms with van der Waals surface area (Å²) in [6.45, 7) is 2.21. The number of halogens is 2. The molecule has 1 heterocycles. The second-order valence-electron chi connectivity index (χ2n) is 5.62. The van der Waals surface area contributed by atoms with E-state index < -0.39 is 17.5 Å². The molecule has 1 aliphatic heterocycles. The minimum atomic E-state index is -0.785. The molecule has 0 atom stereocenters. The van der Waals surface area contributed by atoms with Crippen molar-refractivity contribution in [3.05, 3.63) is 53.6 Å². The molecule has 0 unspecified atom stereocenters. The van der Waals surface area contributed by atoms with Crippen molar-refractivity contribution in [3.8, 4) is 16.9 Å². The van der Waals surface area contributed by atoms with Crippen molar-refractivity contribution < 1.29 is 23.5 Å². The highest BCUT2D eigenvalue weighted by Gasteiger charge is 2.27. The van der Waals surface area contributed by atoms with E-state index in [-0.39, 0.29) is 28.5 Å². The van der Waals surface area contributed by atoms with Gasteiger partial charge in [0.1, 0.15) is 17.4 Å². The van der Waals surface area contributed by atoms with Crippen LogP contribution in [-0.2, 0) is 4.79 Å². The van der Waals surface area contributed by atoms with E-state index in [1.54, 1.807) is 6.92 Å². The van der Waals surface area contributed by atoms with E-state index in [9.17, 15) is 23.5 Å². The van der Waals surface area contributed by atoms with Crippen LogP contribution < -0.4 is 5.43 Å². The smallest absolute Gasteiger partial charge is 0.275 e. The molecule has 0 radical (unpaired) electrons. The van der Waals surface area contributed by atoms with Gasteiger partial charge in [0.05, 0.1) is 11.3 Å². The molecular weight excluding hydrogens is 376 g/mol. The molecule has 27 heavy (non-hydrogen) atoms. The molecule has 9 heteroatoms. The Kier molecular flexibility index (Phi) is 5.41. The number of thioether (sulfide) groups is 1. The fourth-order valence-corrected chi connectivity index (χ4v) is 3.47. The highest BCUT2D eigenvalue weighted by atomic mass is 32.2. The summed E-state index contributed by atoms with van der Waals surface area (Å²) in [6, 6.07) is 7.03. The van der Waals surface area contributed by atoms with Crippen LogP contribution >= 0.6 is 11.8 Å². The van der Waals surface area contributed by atoms with E-state index in [2.05, 4.69) is 10.5 Å². The second kappa shape index (κ2) is 7.75. The van der Waals surface area contributed by atoms with Gasteiger partial charge >= 0.3 is 0 Å². The van der Waals surface area contributed by atoms with Gasteiger partial charge in [-0.05, 0) is 36.8 Å². The summed E-state index contributed by atoms with van der Waals surface area (Å²) in [7, 11) is 0. The predicted octanol–water partition coefficient (Wildman–Crippen LogP) is 2.93.